The van der Waals surface area contributed by atoms with Gasteiger partial charge in [0.25, 0.3) is 0 Å². The molecule has 0 atom stereocenters. The minimum absolute atomic E-state index is 0.174. The molecule has 2 rings (SSSR count). The second-order valence-corrected chi connectivity index (χ2v) is 5.76. The van der Waals surface area contributed by atoms with Crippen LogP contribution in [0, 0.1) is 5.92 Å². The van der Waals surface area contributed by atoms with E-state index >= 15 is 0 Å². The minimum atomic E-state index is 0.174. The zero-order valence-electron chi connectivity index (χ0n) is 12.5. The van der Waals surface area contributed by atoms with Crippen LogP contribution in [-0.2, 0) is 11.2 Å². The van der Waals surface area contributed by atoms with Gasteiger partial charge in [0.15, 0.2) is 0 Å². The van der Waals surface area contributed by atoms with Crippen molar-refractivity contribution in [3.8, 4) is 0 Å². The van der Waals surface area contributed by atoms with Crippen molar-refractivity contribution in [2.45, 2.75) is 32.6 Å². The first-order chi connectivity index (χ1) is 9.78. The molecule has 20 heavy (non-hydrogen) atoms. The van der Waals surface area contributed by atoms with Gasteiger partial charge in [0.1, 0.15) is 0 Å². The molecule has 1 heterocycles. The fourth-order valence-electron chi connectivity index (χ4n) is 2.82. The van der Waals surface area contributed by atoms with Crippen LogP contribution in [-0.4, -0.2) is 37.0 Å². The average molecular weight is 274 g/mol. The normalized spacial score (nSPS) is 17.1. The summed E-state index contributed by atoms with van der Waals surface area (Å²) < 4.78 is 0. The zero-order chi connectivity index (χ0) is 14.2. The van der Waals surface area contributed by atoms with Gasteiger partial charge in [-0.3, -0.25) is 9.69 Å². The van der Waals surface area contributed by atoms with Crippen LogP contribution in [0.15, 0.2) is 30.3 Å². The maximum absolute atomic E-state index is 11.7. The quantitative estimate of drug-likeness (QED) is 0.864. The fraction of sp³-hybridized carbons (Fsp3) is 0.588. The van der Waals surface area contributed by atoms with Gasteiger partial charge in [-0.25, -0.2) is 0 Å². The van der Waals surface area contributed by atoms with Crippen molar-refractivity contribution in [3.63, 3.8) is 0 Å². The summed E-state index contributed by atoms with van der Waals surface area (Å²) in [7, 11) is 0. The Hall–Kier alpha value is -1.35. The summed E-state index contributed by atoms with van der Waals surface area (Å²) in [5, 5.41) is 2.95. The number of rotatable bonds is 6. The Morgan fingerprint density at radius 3 is 2.60 bits per heavy atom. The second-order valence-electron chi connectivity index (χ2n) is 5.76. The molecule has 0 aliphatic carbocycles. The van der Waals surface area contributed by atoms with Crippen LogP contribution in [0.4, 0.5) is 0 Å². The molecule has 1 aromatic rings. The molecule has 1 amide bonds. The monoisotopic (exact) mass is 274 g/mol. The number of piperidine rings is 1. The lowest BCUT2D eigenvalue weighted by atomic mass is 9.90. The van der Waals surface area contributed by atoms with Gasteiger partial charge in [-0.05, 0) is 50.3 Å². The molecule has 1 fully saturated rings. The van der Waals surface area contributed by atoms with Crippen molar-refractivity contribution in [2.75, 3.05) is 26.2 Å². The number of likely N-dealkylation sites (tertiary alicyclic amines) is 1. The number of benzene rings is 1. The second kappa shape index (κ2) is 8.05. The predicted molar refractivity (Wildman–Crippen MR) is 82.6 cm³/mol. The van der Waals surface area contributed by atoms with Crippen LogP contribution < -0.4 is 5.32 Å². The molecule has 1 aromatic carbocycles. The van der Waals surface area contributed by atoms with Crippen LogP contribution in [0.25, 0.3) is 0 Å². The molecule has 0 bridgehead atoms. The van der Waals surface area contributed by atoms with Crippen molar-refractivity contribution in [3.05, 3.63) is 35.9 Å². The summed E-state index contributed by atoms with van der Waals surface area (Å²) in [5.41, 5.74) is 1.44. The smallest absolute Gasteiger partial charge is 0.234 e. The summed E-state index contributed by atoms with van der Waals surface area (Å²) in [5.74, 6) is 0.945. The van der Waals surface area contributed by atoms with E-state index in [0.29, 0.717) is 6.54 Å². The van der Waals surface area contributed by atoms with E-state index in [-0.39, 0.29) is 5.91 Å². The number of hydrogen-bond donors (Lipinski definition) is 1. The Morgan fingerprint density at radius 2 is 1.95 bits per heavy atom. The third kappa shape index (κ3) is 4.97. The van der Waals surface area contributed by atoms with Crippen LogP contribution >= 0.6 is 0 Å². The Morgan fingerprint density at radius 1 is 1.25 bits per heavy atom. The van der Waals surface area contributed by atoms with Crippen LogP contribution in [0.5, 0.6) is 0 Å². The summed E-state index contributed by atoms with van der Waals surface area (Å²) in [6.07, 6.45) is 4.59. The zero-order valence-corrected chi connectivity index (χ0v) is 12.5. The molecular weight excluding hydrogens is 248 g/mol. The summed E-state index contributed by atoms with van der Waals surface area (Å²) in [4.78, 5) is 14.0. The van der Waals surface area contributed by atoms with Crippen molar-refractivity contribution >= 4 is 5.91 Å². The van der Waals surface area contributed by atoms with E-state index in [9.17, 15) is 4.79 Å². The molecule has 3 nitrogen and oxygen atoms in total. The standard InChI is InChI=1S/C17H26N2O/c1-2-10-18-17(20)14-19-11-8-16(9-12-19)13-15-6-4-3-5-7-15/h3-7,16H,2,8-14H2,1H3,(H,18,20). The van der Waals surface area contributed by atoms with E-state index in [2.05, 4.69) is 47.5 Å². The van der Waals surface area contributed by atoms with E-state index in [4.69, 9.17) is 0 Å². The predicted octanol–water partition coefficient (Wildman–Crippen LogP) is 2.47. The Kier molecular flexibility index (Phi) is 6.06. The van der Waals surface area contributed by atoms with Gasteiger partial charge in [0.2, 0.25) is 5.91 Å². The van der Waals surface area contributed by atoms with Gasteiger partial charge in [-0.2, -0.15) is 0 Å². The third-order valence-corrected chi connectivity index (χ3v) is 4.01. The largest absolute Gasteiger partial charge is 0.355 e. The Bertz CT molecular complexity index is 397. The minimum Gasteiger partial charge on any atom is -0.355 e. The maximum atomic E-state index is 11.7. The molecule has 1 aliphatic rings. The van der Waals surface area contributed by atoms with E-state index in [0.717, 1.165) is 32.0 Å². The molecule has 0 unspecified atom stereocenters. The SMILES string of the molecule is CCCNC(=O)CN1CCC(Cc2ccccc2)CC1. The number of carbonyl (C=O) groups is 1. The molecule has 0 aromatic heterocycles. The van der Waals surface area contributed by atoms with Gasteiger partial charge >= 0.3 is 0 Å². The summed E-state index contributed by atoms with van der Waals surface area (Å²) >= 11 is 0. The highest BCUT2D eigenvalue weighted by Gasteiger charge is 2.20. The fourth-order valence-corrected chi connectivity index (χ4v) is 2.82. The number of hydrogen-bond acceptors (Lipinski definition) is 2. The molecule has 3 heteroatoms. The van der Waals surface area contributed by atoms with Crippen molar-refractivity contribution < 1.29 is 4.79 Å². The molecule has 1 N–H and O–H groups in total. The van der Waals surface area contributed by atoms with Crippen LogP contribution in [0.1, 0.15) is 31.7 Å². The van der Waals surface area contributed by atoms with Crippen LogP contribution in [0.3, 0.4) is 0 Å². The van der Waals surface area contributed by atoms with Gasteiger partial charge in [0, 0.05) is 6.54 Å². The summed E-state index contributed by atoms with van der Waals surface area (Å²) in [6, 6.07) is 10.7. The lowest BCUT2D eigenvalue weighted by Gasteiger charge is -2.31. The lowest BCUT2D eigenvalue weighted by Crippen LogP contribution is -2.41. The summed E-state index contributed by atoms with van der Waals surface area (Å²) in [6.45, 7) is 5.55. The topological polar surface area (TPSA) is 32.3 Å². The number of nitrogens with one attached hydrogen (secondary N) is 1. The number of carbonyl (C=O) groups excluding carboxylic acids is 1. The van der Waals surface area contributed by atoms with Crippen molar-refractivity contribution in [1.29, 1.82) is 0 Å². The number of nitrogens with zero attached hydrogens (tertiary/aromatic N) is 1. The molecule has 1 aliphatic heterocycles. The average Bonchev–Trinajstić information content (AvgIpc) is 2.48. The molecule has 0 radical (unpaired) electrons. The highest BCUT2D eigenvalue weighted by molar-refractivity contribution is 5.77. The highest BCUT2D eigenvalue weighted by Crippen LogP contribution is 2.21. The molecule has 1 saturated heterocycles. The molecular formula is C17H26N2O. The lowest BCUT2D eigenvalue weighted by molar-refractivity contribution is -0.122. The van der Waals surface area contributed by atoms with E-state index < -0.39 is 0 Å². The van der Waals surface area contributed by atoms with E-state index in [1.54, 1.807) is 0 Å². The van der Waals surface area contributed by atoms with Gasteiger partial charge in [0.05, 0.1) is 6.54 Å². The maximum Gasteiger partial charge on any atom is 0.234 e. The first-order valence-corrected chi connectivity index (χ1v) is 7.81. The van der Waals surface area contributed by atoms with E-state index in [1.807, 2.05) is 0 Å². The van der Waals surface area contributed by atoms with Crippen LogP contribution in [0.2, 0.25) is 0 Å². The Labute approximate surface area is 122 Å². The van der Waals surface area contributed by atoms with Gasteiger partial charge < -0.3 is 5.32 Å². The first-order valence-electron chi connectivity index (χ1n) is 7.81. The van der Waals surface area contributed by atoms with Crippen molar-refractivity contribution in [1.82, 2.24) is 10.2 Å². The molecule has 0 spiro atoms. The number of amides is 1. The van der Waals surface area contributed by atoms with Crippen molar-refractivity contribution in [2.24, 2.45) is 5.92 Å². The molecule has 110 valence electrons. The third-order valence-electron chi connectivity index (χ3n) is 4.01. The van der Waals surface area contributed by atoms with E-state index in [1.165, 1.54) is 24.8 Å². The van der Waals surface area contributed by atoms with Gasteiger partial charge in [-0.15, -0.1) is 0 Å². The molecule has 0 saturated carbocycles. The highest BCUT2D eigenvalue weighted by atomic mass is 16.2. The first kappa shape index (κ1) is 15.0. The Balaban J connectivity index is 1.68. The van der Waals surface area contributed by atoms with Gasteiger partial charge in [-0.1, -0.05) is 37.3 Å².